The zero-order valence-corrected chi connectivity index (χ0v) is 12.4. The molecule has 0 aliphatic rings. The molecule has 1 aromatic carbocycles. The molecule has 116 valence electrons. The summed E-state index contributed by atoms with van der Waals surface area (Å²) in [5, 5.41) is 2.60. The maximum atomic E-state index is 12.7. The normalized spacial score (nSPS) is 10.5. The minimum Gasteiger partial charge on any atom is -0.455 e. The highest BCUT2D eigenvalue weighted by atomic mass is 19.1. The van der Waals surface area contributed by atoms with E-state index in [-0.39, 0.29) is 31.4 Å². The number of carbonyl (C=O) groups excluding carboxylic acids is 2. The molecule has 0 radical (unpaired) electrons. The summed E-state index contributed by atoms with van der Waals surface area (Å²) in [6.45, 7) is 5.55. The van der Waals surface area contributed by atoms with E-state index in [1.807, 2.05) is 18.7 Å². The number of likely N-dealkylation sites (N-methyl/N-ethyl adjacent to an activating group) is 1. The van der Waals surface area contributed by atoms with Gasteiger partial charge in [-0.05, 0) is 30.8 Å². The van der Waals surface area contributed by atoms with Gasteiger partial charge >= 0.3 is 5.97 Å². The average molecular weight is 296 g/mol. The molecular formula is C15H21FN2O3. The summed E-state index contributed by atoms with van der Waals surface area (Å²) in [5.41, 5.74) is 0.777. The number of ether oxygens (including phenoxy) is 1. The molecule has 0 saturated heterocycles. The van der Waals surface area contributed by atoms with Gasteiger partial charge < -0.3 is 10.1 Å². The van der Waals surface area contributed by atoms with E-state index in [0.717, 1.165) is 18.7 Å². The van der Waals surface area contributed by atoms with Crippen LogP contribution in [0.2, 0.25) is 0 Å². The molecule has 1 aromatic rings. The van der Waals surface area contributed by atoms with Crippen LogP contribution in [0, 0.1) is 5.82 Å². The largest absolute Gasteiger partial charge is 0.455 e. The lowest BCUT2D eigenvalue weighted by molar-refractivity contribution is -0.149. The predicted octanol–water partition coefficient (Wildman–Crippen LogP) is 1.33. The van der Waals surface area contributed by atoms with Gasteiger partial charge in [0, 0.05) is 6.54 Å². The van der Waals surface area contributed by atoms with Crippen molar-refractivity contribution in [3.05, 3.63) is 35.6 Å². The molecule has 21 heavy (non-hydrogen) atoms. The Kier molecular flexibility index (Phi) is 7.39. The lowest BCUT2D eigenvalue weighted by atomic mass is 10.2. The van der Waals surface area contributed by atoms with Gasteiger partial charge in [0.25, 0.3) is 5.91 Å². The van der Waals surface area contributed by atoms with Crippen molar-refractivity contribution in [2.45, 2.75) is 20.4 Å². The summed E-state index contributed by atoms with van der Waals surface area (Å²) < 4.78 is 17.6. The number of amides is 1. The van der Waals surface area contributed by atoms with Crippen molar-refractivity contribution in [2.75, 3.05) is 26.2 Å². The minimum absolute atomic E-state index is 0.179. The standard InChI is InChI=1S/C15H21FN2O3/c1-3-18(4-2)10-15(20)21-11-14(19)17-9-12-5-7-13(16)8-6-12/h5-8H,3-4,9-11H2,1-2H3,(H,17,19). The van der Waals surface area contributed by atoms with E-state index in [0.29, 0.717) is 0 Å². The lowest BCUT2D eigenvalue weighted by Crippen LogP contribution is -2.33. The van der Waals surface area contributed by atoms with Crippen LogP contribution in [0.25, 0.3) is 0 Å². The van der Waals surface area contributed by atoms with E-state index in [1.54, 1.807) is 12.1 Å². The van der Waals surface area contributed by atoms with Crippen molar-refractivity contribution in [3.8, 4) is 0 Å². The molecule has 0 fully saturated rings. The summed E-state index contributed by atoms with van der Waals surface area (Å²) >= 11 is 0. The highest BCUT2D eigenvalue weighted by Gasteiger charge is 2.10. The molecule has 0 bridgehead atoms. The third-order valence-corrected chi connectivity index (χ3v) is 3.01. The van der Waals surface area contributed by atoms with E-state index in [2.05, 4.69) is 5.32 Å². The highest BCUT2D eigenvalue weighted by Crippen LogP contribution is 2.01. The van der Waals surface area contributed by atoms with Crippen LogP contribution < -0.4 is 5.32 Å². The van der Waals surface area contributed by atoms with Gasteiger partial charge in [-0.25, -0.2) is 4.39 Å². The van der Waals surface area contributed by atoms with E-state index in [9.17, 15) is 14.0 Å². The number of rotatable bonds is 8. The third kappa shape index (κ3) is 6.85. The Morgan fingerprint density at radius 2 is 1.81 bits per heavy atom. The van der Waals surface area contributed by atoms with Gasteiger partial charge in [-0.15, -0.1) is 0 Å². The molecule has 0 aromatic heterocycles. The lowest BCUT2D eigenvalue weighted by Gasteiger charge is -2.16. The maximum Gasteiger partial charge on any atom is 0.320 e. The van der Waals surface area contributed by atoms with Crippen LogP contribution in [-0.4, -0.2) is 43.0 Å². The first-order valence-corrected chi connectivity index (χ1v) is 6.94. The van der Waals surface area contributed by atoms with Crippen LogP contribution in [0.1, 0.15) is 19.4 Å². The van der Waals surface area contributed by atoms with Gasteiger partial charge in [0.15, 0.2) is 6.61 Å². The van der Waals surface area contributed by atoms with E-state index < -0.39 is 5.97 Å². The van der Waals surface area contributed by atoms with Gasteiger partial charge in [0.2, 0.25) is 0 Å². The summed E-state index contributed by atoms with van der Waals surface area (Å²) in [6.07, 6.45) is 0. The van der Waals surface area contributed by atoms with Crippen molar-refractivity contribution in [2.24, 2.45) is 0 Å². The quantitative estimate of drug-likeness (QED) is 0.735. The molecule has 0 saturated carbocycles. The molecule has 0 aliphatic carbocycles. The van der Waals surface area contributed by atoms with Gasteiger partial charge in [-0.1, -0.05) is 26.0 Å². The van der Waals surface area contributed by atoms with Crippen LogP contribution in [0.3, 0.4) is 0 Å². The molecule has 0 unspecified atom stereocenters. The number of esters is 1. The van der Waals surface area contributed by atoms with Gasteiger partial charge in [0.05, 0.1) is 6.54 Å². The maximum absolute atomic E-state index is 12.7. The first-order chi connectivity index (χ1) is 10.0. The number of carbonyl (C=O) groups is 2. The van der Waals surface area contributed by atoms with Gasteiger partial charge in [-0.2, -0.15) is 0 Å². The fourth-order valence-corrected chi connectivity index (χ4v) is 1.68. The SMILES string of the molecule is CCN(CC)CC(=O)OCC(=O)NCc1ccc(F)cc1. The second kappa shape index (κ2) is 9.07. The van der Waals surface area contributed by atoms with Crippen LogP contribution >= 0.6 is 0 Å². The summed E-state index contributed by atoms with van der Waals surface area (Å²) in [6, 6.07) is 5.82. The van der Waals surface area contributed by atoms with Crippen molar-refractivity contribution < 1.29 is 18.7 Å². The molecule has 5 nitrogen and oxygen atoms in total. The minimum atomic E-state index is -0.421. The molecule has 1 amide bonds. The monoisotopic (exact) mass is 296 g/mol. The molecule has 1 rings (SSSR count). The fourth-order valence-electron chi connectivity index (χ4n) is 1.68. The van der Waals surface area contributed by atoms with Crippen LogP contribution in [0.5, 0.6) is 0 Å². The highest BCUT2D eigenvalue weighted by molar-refractivity contribution is 5.81. The van der Waals surface area contributed by atoms with Crippen molar-refractivity contribution >= 4 is 11.9 Å². The number of hydrogen-bond acceptors (Lipinski definition) is 4. The number of halogens is 1. The molecular weight excluding hydrogens is 275 g/mol. The fraction of sp³-hybridized carbons (Fsp3) is 0.467. The van der Waals surface area contributed by atoms with Crippen LogP contribution in [0.15, 0.2) is 24.3 Å². The Bertz CT molecular complexity index is 458. The molecule has 6 heteroatoms. The van der Waals surface area contributed by atoms with Gasteiger partial charge in [0.1, 0.15) is 5.82 Å². The molecule has 0 aliphatic heterocycles. The Morgan fingerprint density at radius 3 is 2.38 bits per heavy atom. The van der Waals surface area contributed by atoms with E-state index in [4.69, 9.17) is 4.74 Å². The van der Waals surface area contributed by atoms with Crippen molar-refractivity contribution in [1.29, 1.82) is 0 Å². The van der Waals surface area contributed by atoms with E-state index >= 15 is 0 Å². The summed E-state index contributed by atoms with van der Waals surface area (Å²) in [4.78, 5) is 24.9. The first-order valence-electron chi connectivity index (χ1n) is 6.94. The Morgan fingerprint density at radius 1 is 1.19 bits per heavy atom. The number of nitrogens with one attached hydrogen (secondary N) is 1. The van der Waals surface area contributed by atoms with Crippen LogP contribution in [-0.2, 0) is 20.9 Å². The second-order valence-corrected chi connectivity index (χ2v) is 4.53. The summed E-state index contributed by atoms with van der Waals surface area (Å²) in [7, 11) is 0. The summed E-state index contributed by atoms with van der Waals surface area (Å²) in [5.74, 6) is -1.13. The van der Waals surface area contributed by atoms with Crippen molar-refractivity contribution in [3.63, 3.8) is 0 Å². The average Bonchev–Trinajstić information content (AvgIpc) is 2.50. The molecule has 0 heterocycles. The predicted molar refractivity (Wildman–Crippen MR) is 77.0 cm³/mol. The zero-order valence-electron chi connectivity index (χ0n) is 12.4. The number of benzene rings is 1. The van der Waals surface area contributed by atoms with Gasteiger partial charge in [-0.3, -0.25) is 14.5 Å². The number of hydrogen-bond donors (Lipinski definition) is 1. The molecule has 1 N–H and O–H groups in total. The number of nitrogens with zero attached hydrogens (tertiary/aromatic N) is 1. The molecule has 0 atom stereocenters. The smallest absolute Gasteiger partial charge is 0.320 e. The Labute approximate surface area is 124 Å². The zero-order chi connectivity index (χ0) is 15.7. The molecule has 0 spiro atoms. The second-order valence-electron chi connectivity index (χ2n) is 4.53. The Hall–Kier alpha value is -1.95. The van der Waals surface area contributed by atoms with Crippen LogP contribution in [0.4, 0.5) is 4.39 Å². The van der Waals surface area contributed by atoms with E-state index in [1.165, 1.54) is 12.1 Å². The first kappa shape index (κ1) is 17.1. The Balaban J connectivity index is 2.24. The topological polar surface area (TPSA) is 58.6 Å². The third-order valence-electron chi connectivity index (χ3n) is 3.01. The van der Waals surface area contributed by atoms with Crippen molar-refractivity contribution in [1.82, 2.24) is 10.2 Å².